The minimum Gasteiger partial charge on any atom is -0.507 e. The Hall–Kier alpha value is -6.35. The number of hydrogen-bond donors (Lipinski definition) is 1. The van der Waals surface area contributed by atoms with Crippen LogP contribution in [0, 0.1) is 12.0 Å². The van der Waals surface area contributed by atoms with Crippen LogP contribution in [-0.4, -0.2) is 19.6 Å². The van der Waals surface area contributed by atoms with Crippen LogP contribution in [0.5, 0.6) is 5.75 Å². The Labute approximate surface area is 424 Å². The predicted molar refractivity (Wildman–Crippen MR) is 277 cm³/mol. The first-order chi connectivity index (χ1) is 35.5. The molecule has 7 aromatic carbocycles. The van der Waals surface area contributed by atoms with E-state index in [1.807, 2.05) is 60.7 Å². The van der Waals surface area contributed by atoms with Crippen LogP contribution in [0.15, 0.2) is 164 Å². The van der Waals surface area contributed by atoms with E-state index >= 15 is 0 Å². The van der Waals surface area contributed by atoms with Crippen LogP contribution < -0.4 is 0 Å². The van der Waals surface area contributed by atoms with Crippen molar-refractivity contribution in [1.82, 2.24) is 14.5 Å². The van der Waals surface area contributed by atoms with Crippen LogP contribution >= 0.6 is 0 Å². The number of benzene rings is 7. The molecule has 1 N–H and O–H groups in total. The van der Waals surface area contributed by atoms with E-state index in [1.54, 1.807) is 24.4 Å². The van der Waals surface area contributed by atoms with E-state index in [9.17, 15) is 5.11 Å². The van der Waals surface area contributed by atoms with Gasteiger partial charge >= 0.3 is 0 Å². The summed E-state index contributed by atoms with van der Waals surface area (Å²) in [5.41, 5.74) is 11.1. The van der Waals surface area contributed by atoms with E-state index in [4.69, 9.17) is 22.3 Å². The number of para-hydroxylation sites is 1. The van der Waals surface area contributed by atoms with Crippen LogP contribution in [0.2, 0.25) is 0 Å². The summed E-state index contributed by atoms with van der Waals surface area (Å²) in [6.07, 6.45) is 2.51. The predicted octanol–water partition coefficient (Wildman–Crippen LogP) is 16.7. The minimum absolute atomic E-state index is 0. The SMILES string of the molecule is [2H]C([2H])([2H])C(c1ccc(-c2ccnc(-c3[c-]c(-c4cccc5c4nc(-c4cc(C(C)C)cc(C(C)C)c4O)n5-c4ccc(-c5ccccc5)c(CC(C)C)c4)cc(-c4ccccc4)c3)c2)cc1)(C([2H])([2H])[2H])C([2H])([2H])[2H].[Pt]. The molecule has 67 heavy (non-hydrogen) atoms. The molecule has 9 aromatic rings. The Morgan fingerprint density at radius 1 is 0.612 bits per heavy atom. The Morgan fingerprint density at radius 3 is 1.97 bits per heavy atom. The van der Waals surface area contributed by atoms with Crippen molar-refractivity contribution >= 4 is 11.0 Å². The molecule has 2 aromatic heterocycles. The molecular weight excluding hydrogens is 998 g/mol. The molecule has 0 atom stereocenters. The summed E-state index contributed by atoms with van der Waals surface area (Å²) in [6, 6.07) is 54.6. The van der Waals surface area contributed by atoms with Gasteiger partial charge < -0.3 is 5.11 Å². The second kappa shape index (κ2) is 19.5. The van der Waals surface area contributed by atoms with Crippen molar-refractivity contribution in [2.24, 2.45) is 5.92 Å². The van der Waals surface area contributed by atoms with Gasteiger partial charge in [-0.2, -0.15) is 0 Å². The number of hydrogen-bond acceptors (Lipinski definition) is 3. The number of rotatable bonds is 11. The fourth-order valence-electron chi connectivity index (χ4n) is 8.93. The summed E-state index contributed by atoms with van der Waals surface area (Å²) in [4.78, 5) is 10.4. The molecule has 0 aliphatic heterocycles. The van der Waals surface area contributed by atoms with Gasteiger partial charge in [-0.25, -0.2) is 4.98 Å². The van der Waals surface area contributed by atoms with Gasteiger partial charge in [0.2, 0.25) is 0 Å². The maximum atomic E-state index is 12.3. The summed E-state index contributed by atoms with van der Waals surface area (Å²) < 4.78 is 76.2. The third-order valence-corrected chi connectivity index (χ3v) is 12.4. The van der Waals surface area contributed by atoms with Crippen molar-refractivity contribution in [3.8, 4) is 78.6 Å². The standard InChI is InChI=1S/C62H60N3O.Pt/c1-39(2)31-48-35-52(27-28-53(48)44-19-14-11-15-20-44)65-58-22-16-21-54(59(58)64-61(65)56-37-46(40(3)4)36-55(41(5)6)60(56)66)49-32-47(42-17-12-10-13-18-42)33-50(34-49)57-38-45(29-30-63-57)43-23-25-51(26-24-43)62(7,8)9;/h10-30,32-33,35-41,66H,31H2,1-9H3;/q-1;/i7D3,8D3,9D3;. The summed E-state index contributed by atoms with van der Waals surface area (Å²) >= 11 is 0. The Bertz CT molecular complexity index is 3490. The van der Waals surface area contributed by atoms with Gasteiger partial charge in [0, 0.05) is 51.0 Å². The average Bonchev–Trinajstić information content (AvgIpc) is 3.78. The first-order valence-corrected chi connectivity index (χ1v) is 22.8. The van der Waals surface area contributed by atoms with Gasteiger partial charge in [0.05, 0.1) is 16.6 Å². The first-order valence-electron chi connectivity index (χ1n) is 27.3. The largest absolute Gasteiger partial charge is 0.507 e. The number of imidazole rings is 1. The molecule has 0 amide bonds. The third kappa shape index (κ3) is 9.74. The Kier molecular flexibility index (Phi) is 10.7. The van der Waals surface area contributed by atoms with Gasteiger partial charge in [-0.3, -0.25) is 9.55 Å². The molecule has 0 bridgehead atoms. The molecule has 0 fully saturated rings. The van der Waals surface area contributed by atoms with Crippen LogP contribution in [0.3, 0.4) is 0 Å². The molecule has 0 aliphatic carbocycles. The molecule has 4 nitrogen and oxygen atoms in total. The maximum Gasteiger partial charge on any atom is 0.148 e. The molecule has 5 heteroatoms. The number of aromatic nitrogens is 3. The maximum absolute atomic E-state index is 12.3. The van der Waals surface area contributed by atoms with Crippen LogP contribution in [0.25, 0.3) is 83.9 Å². The zero-order valence-electron chi connectivity index (χ0n) is 47.6. The van der Waals surface area contributed by atoms with Crippen molar-refractivity contribution in [3.05, 3.63) is 192 Å². The minimum atomic E-state index is -3.38. The van der Waals surface area contributed by atoms with E-state index in [0.29, 0.717) is 45.2 Å². The van der Waals surface area contributed by atoms with Crippen molar-refractivity contribution in [3.63, 3.8) is 0 Å². The van der Waals surface area contributed by atoms with Crippen LogP contribution in [0.4, 0.5) is 0 Å². The monoisotopic (exact) mass is 1070 g/mol. The summed E-state index contributed by atoms with van der Waals surface area (Å²) in [6.45, 7) is 2.84. The molecule has 0 saturated carbocycles. The van der Waals surface area contributed by atoms with Crippen LogP contribution in [-0.2, 0) is 32.9 Å². The average molecular weight is 1070 g/mol. The van der Waals surface area contributed by atoms with E-state index in [1.165, 1.54) is 23.3 Å². The summed E-state index contributed by atoms with van der Waals surface area (Å²) in [5, 5.41) is 12.3. The van der Waals surface area contributed by atoms with E-state index in [0.717, 1.165) is 56.6 Å². The molecule has 0 radical (unpaired) electrons. The van der Waals surface area contributed by atoms with Crippen molar-refractivity contribution < 1.29 is 38.5 Å². The third-order valence-electron chi connectivity index (χ3n) is 12.4. The second-order valence-corrected chi connectivity index (χ2v) is 18.4. The van der Waals surface area contributed by atoms with Gasteiger partial charge in [-0.15, -0.1) is 23.8 Å². The van der Waals surface area contributed by atoms with Crippen molar-refractivity contribution in [1.29, 1.82) is 0 Å². The zero-order chi connectivity index (χ0) is 53.8. The number of phenols is 1. The van der Waals surface area contributed by atoms with Crippen molar-refractivity contribution in [2.45, 2.75) is 85.8 Å². The molecule has 0 unspecified atom stereocenters. The number of pyridine rings is 1. The number of phenolic OH excluding ortho intramolecular Hbond substituents is 1. The van der Waals surface area contributed by atoms with Crippen molar-refractivity contribution in [2.75, 3.05) is 0 Å². The van der Waals surface area contributed by atoms with Gasteiger partial charge in [-0.05, 0) is 110 Å². The summed E-state index contributed by atoms with van der Waals surface area (Å²) in [5.74, 6) is 1.41. The molecule has 0 spiro atoms. The summed E-state index contributed by atoms with van der Waals surface area (Å²) in [7, 11) is 0. The Morgan fingerprint density at radius 2 is 1.30 bits per heavy atom. The number of nitrogens with zero attached hydrogens (tertiary/aromatic N) is 3. The van der Waals surface area contributed by atoms with Crippen LogP contribution in [0.1, 0.15) is 109 Å². The fraction of sp³-hybridized carbons (Fsp3) is 0.226. The van der Waals surface area contributed by atoms with Gasteiger partial charge in [0.25, 0.3) is 0 Å². The molecule has 2 heterocycles. The van der Waals surface area contributed by atoms with Gasteiger partial charge in [-0.1, -0.05) is 194 Å². The second-order valence-electron chi connectivity index (χ2n) is 18.4. The molecule has 9 rings (SSSR count). The van der Waals surface area contributed by atoms with Gasteiger partial charge in [0.15, 0.2) is 0 Å². The van der Waals surface area contributed by atoms with Gasteiger partial charge in [0.1, 0.15) is 11.6 Å². The molecule has 0 saturated heterocycles. The normalized spacial score (nSPS) is 14.3. The molecule has 340 valence electrons. The van der Waals surface area contributed by atoms with E-state index in [2.05, 4.69) is 119 Å². The molecule has 0 aliphatic rings. The van der Waals surface area contributed by atoms with E-state index in [-0.39, 0.29) is 44.2 Å². The molecular formula is C62H60N3OPt-. The Balaban J connectivity index is 0.00000765. The zero-order valence-corrected chi connectivity index (χ0v) is 40.9. The number of fused-ring (bicyclic) bond motifs is 1. The first kappa shape index (κ1) is 36.7. The number of aromatic hydroxyl groups is 1. The topological polar surface area (TPSA) is 50.9 Å². The smallest absolute Gasteiger partial charge is 0.148 e. The van der Waals surface area contributed by atoms with E-state index < -0.39 is 26.0 Å². The quantitative estimate of drug-likeness (QED) is 0.131. The fourth-order valence-corrected chi connectivity index (χ4v) is 8.93.